The van der Waals surface area contributed by atoms with E-state index >= 15 is 0 Å². The van der Waals surface area contributed by atoms with Crippen molar-refractivity contribution in [2.75, 3.05) is 0 Å². The summed E-state index contributed by atoms with van der Waals surface area (Å²) in [5.41, 5.74) is 7.50. The van der Waals surface area contributed by atoms with Crippen molar-refractivity contribution in [3.05, 3.63) is 206 Å². The Morgan fingerprint density at radius 1 is 0.297 bits per heavy atom. The van der Waals surface area contributed by atoms with Crippen molar-refractivity contribution in [3.63, 3.8) is 0 Å². The Bertz CT molecular complexity index is 4270. The van der Waals surface area contributed by atoms with E-state index in [1.165, 1.54) is 37.7 Å². The van der Waals surface area contributed by atoms with Gasteiger partial charge in [0, 0.05) is 44.3 Å². The van der Waals surface area contributed by atoms with Gasteiger partial charge in [-0.2, -0.15) is 0 Å². The lowest BCUT2D eigenvalue weighted by Gasteiger charge is -2.15. The van der Waals surface area contributed by atoms with Gasteiger partial charge in [0.2, 0.25) is 0 Å². The molecule has 64 heavy (non-hydrogen) atoms. The van der Waals surface area contributed by atoms with Gasteiger partial charge in [0.25, 0.3) is 0 Å². The molecule has 0 saturated heterocycles. The van der Waals surface area contributed by atoms with Gasteiger partial charge in [-0.05, 0) is 90.3 Å². The minimum atomic E-state index is 0.570. The molecule has 0 atom stereocenters. The van der Waals surface area contributed by atoms with Crippen LogP contribution >= 0.6 is 0 Å². The highest BCUT2D eigenvalue weighted by Crippen LogP contribution is 2.44. The summed E-state index contributed by atoms with van der Waals surface area (Å²) in [5.74, 6) is 1.78. The summed E-state index contributed by atoms with van der Waals surface area (Å²) >= 11 is 0. The number of rotatable bonds is 4. The van der Waals surface area contributed by atoms with Gasteiger partial charge in [-0.3, -0.25) is 0 Å². The Labute approximate surface area is 366 Å². The predicted octanol–water partition coefficient (Wildman–Crippen LogP) is 15.6. The Morgan fingerprint density at radius 3 is 1.67 bits per heavy atom. The van der Waals surface area contributed by atoms with Crippen LogP contribution in [-0.2, 0) is 0 Å². The SMILES string of the molecule is c1ccc2cc3c(cc2c1)c1c2ccccc2ccc1n3-c1cc(-c2nc(-c3cccc4ccccc34)nc(-c3cc4ccccc4c4ccccc34)n2)c2c(c1)oc1ccccc12. The highest BCUT2D eigenvalue weighted by atomic mass is 16.3. The van der Waals surface area contributed by atoms with Crippen molar-refractivity contribution >= 4 is 97.6 Å². The molecule has 0 bridgehead atoms. The van der Waals surface area contributed by atoms with E-state index < -0.39 is 0 Å². The largest absolute Gasteiger partial charge is 0.456 e. The average molecular weight is 815 g/mol. The van der Waals surface area contributed by atoms with Crippen molar-refractivity contribution in [1.82, 2.24) is 19.5 Å². The summed E-state index contributed by atoms with van der Waals surface area (Å²) in [7, 11) is 0. The monoisotopic (exact) mass is 814 g/mol. The quantitative estimate of drug-likeness (QED) is 0.166. The van der Waals surface area contributed by atoms with Gasteiger partial charge in [-0.15, -0.1) is 0 Å². The zero-order chi connectivity index (χ0) is 41.9. The lowest BCUT2D eigenvalue weighted by molar-refractivity contribution is 0.668. The Morgan fingerprint density at radius 2 is 0.875 bits per heavy atom. The molecule has 0 N–H and O–H groups in total. The molecule has 3 heterocycles. The Hall–Kier alpha value is -8.67. The standard InChI is InChI=1S/C59H34N4O/c1-2-17-38-32-52-49(30-37(38)16-1)55-43-22-8-4-15-36(43)28-29-51(55)63(52)40-33-50(56-47-25-11-12-27-53(47)64-54(56)34-40)59-61-57(46-26-13-19-35-14-3-6-20-41(35)46)60-58(62-59)48-31-39-18-5-7-21-42(39)44-23-9-10-24-45(44)48/h1-34H. The Kier molecular flexibility index (Phi) is 7.33. The van der Waals surface area contributed by atoms with Crippen LogP contribution in [0, 0.1) is 0 Å². The van der Waals surface area contributed by atoms with Crippen LogP contribution in [0.1, 0.15) is 0 Å². The van der Waals surface area contributed by atoms with Crippen LogP contribution in [0.4, 0.5) is 0 Å². The summed E-state index contributed by atoms with van der Waals surface area (Å²) in [5, 5.41) is 15.9. The maximum atomic E-state index is 6.83. The van der Waals surface area contributed by atoms with E-state index in [1.54, 1.807) is 0 Å². The molecule has 0 spiro atoms. The second-order valence-electron chi connectivity index (χ2n) is 16.7. The van der Waals surface area contributed by atoms with Crippen LogP contribution in [-0.4, -0.2) is 19.5 Å². The molecule has 3 aromatic heterocycles. The van der Waals surface area contributed by atoms with E-state index in [-0.39, 0.29) is 0 Å². The molecule has 14 rings (SSSR count). The normalized spacial score (nSPS) is 12.1. The zero-order valence-corrected chi connectivity index (χ0v) is 34.3. The average Bonchev–Trinajstić information content (AvgIpc) is 3.90. The molecule has 0 radical (unpaired) electrons. The first-order chi connectivity index (χ1) is 31.7. The van der Waals surface area contributed by atoms with E-state index in [0.29, 0.717) is 17.5 Å². The summed E-state index contributed by atoms with van der Waals surface area (Å²) < 4.78 is 9.22. The molecule has 5 heteroatoms. The molecule has 11 aromatic carbocycles. The maximum Gasteiger partial charge on any atom is 0.164 e. The summed E-state index contributed by atoms with van der Waals surface area (Å²) in [4.78, 5) is 16.4. The number of furan rings is 1. The molecule has 0 aliphatic carbocycles. The summed E-state index contributed by atoms with van der Waals surface area (Å²) in [6.07, 6.45) is 0. The van der Waals surface area contributed by atoms with Crippen molar-refractivity contribution in [3.8, 4) is 39.9 Å². The van der Waals surface area contributed by atoms with E-state index in [4.69, 9.17) is 19.4 Å². The molecular weight excluding hydrogens is 781 g/mol. The molecule has 0 aliphatic heterocycles. The fourth-order valence-corrected chi connectivity index (χ4v) is 10.3. The van der Waals surface area contributed by atoms with Gasteiger partial charge < -0.3 is 8.98 Å². The van der Waals surface area contributed by atoms with Gasteiger partial charge in [-0.1, -0.05) is 164 Å². The number of benzene rings is 11. The second-order valence-corrected chi connectivity index (χ2v) is 16.7. The third-order valence-electron chi connectivity index (χ3n) is 13.2. The van der Waals surface area contributed by atoms with Gasteiger partial charge in [0.05, 0.1) is 16.7 Å². The molecule has 0 saturated carbocycles. The lowest BCUT2D eigenvalue weighted by atomic mass is 9.96. The minimum Gasteiger partial charge on any atom is -0.456 e. The molecule has 14 aromatic rings. The van der Waals surface area contributed by atoms with Crippen LogP contribution < -0.4 is 0 Å². The van der Waals surface area contributed by atoms with Crippen molar-refractivity contribution in [2.45, 2.75) is 0 Å². The van der Waals surface area contributed by atoms with Crippen molar-refractivity contribution < 1.29 is 4.42 Å². The maximum absolute atomic E-state index is 6.83. The second kappa shape index (κ2) is 13.4. The van der Waals surface area contributed by atoms with Crippen LogP contribution in [0.5, 0.6) is 0 Å². The van der Waals surface area contributed by atoms with Crippen LogP contribution in [0.25, 0.3) is 137 Å². The third kappa shape index (κ3) is 5.15. The van der Waals surface area contributed by atoms with Crippen LogP contribution in [0.3, 0.4) is 0 Å². The van der Waals surface area contributed by atoms with Crippen molar-refractivity contribution in [1.29, 1.82) is 0 Å². The molecule has 0 unspecified atom stereocenters. The molecule has 0 fully saturated rings. The fourth-order valence-electron chi connectivity index (χ4n) is 10.3. The minimum absolute atomic E-state index is 0.570. The van der Waals surface area contributed by atoms with E-state index in [2.05, 4.69) is 199 Å². The van der Waals surface area contributed by atoms with Crippen LogP contribution in [0.15, 0.2) is 211 Å². The molecule has 5 nitrogen and oxygen atoms in total. The number of aromatic nitrogens is 4. The highest BCUT2D eigenvalue weighted by Gasteiger charge is 2.24. The number of fused-ring (bicyclic) bond motifs is 13. The predicted molar refractivity (Wildman–Crippen MR) is 265 cm³/mol. The number of hydrogen-bond acceptors (Lipinski definition) is 4. The zero-order valence-electron chi connectivity index (χ0n) is 34.3. The number of para-hydroxylation sites is 1. The first-order valence-electron chi connectivity index (χ1n) is 21.7. The van der Waals surface area contributed by atoms with Gasteiger partial charge in [0.15, 0.2) is 17.5 Å². The number of hydrogen-bond donors (Lipinski definition) is 0. The highest BCUT2D eigenvalue weighted by molar-refractivity contribution is 6.24. The molecular formula is C59H34N4O. The number of nitrogens with zero attached hydrogens (tertiary/aromatic N) is 4. The molecule has 0 amide bonds. The van der Waals surface area contributed by atoms with Gasteiger partial charge in [-0.25, -0.2) is 15.0 Å². The van der Waals surface area contributed by atoms with Gasteiger partial charge in [0.1, 0.15) is 11.2 Å². The summed E-state index contributed by atoms with van der Waals surface area (Å²) in [6.45, 7) is 0. The van der Waals surface area contributed by atoms with E-state index in [1.807, 2.05) is 12.1 Å². The van der Waals surface area contributed by atoms with E-state index in [9.17, 15) is 0 Å². The van der Waals surface area contributed by atoms with E-state index in [0.717, 1.165) is 82.3 Å². The molecule has 0 aliphatic rings. The first kappa shape index (κ1) is 35.0. The Balaban J connectivity index is 1.12. The molecule has 296 valence electrons. The summed E-state index contributed by atoms with van der Waals surface area (Å²) in [6, 6.07) is 73.3. The lowest BCUT2D eigenvalue weighted by Crippen LogP contribution is -2.02. The first-order valence-corrected chi connectivity index (χ1v) is 21.7. The third-order valence-corrected chi connectivity index (χ3v) is 13.2. The van der Waals surface area contributed by atoms with Gasteiger partial charge >= 0.3 is 0 Å². The topological polar surface area (TPSA) is 56.7 Å². The smallest absolute Gasteiger partial charge is 0.164 e. The fraction of sp³-hybridized carbons (Fsp3) is 0. The van der Waals surface area contributed by atoms with Crippen molar-refractivity contribution in [2.24, 2.45) is 0 Å². The van der Waals surface area contributed by atoms with Crippen LogP contribution in [0.2, 0.25) is 0 Å².